The van der Waals surface area contributed by atoms with Crippen molar-refractivity contribution in [1.82, 2.24) is 30.4 Å². The van der Waals surface area contributed by atoms with Gasteiger partial charge in [0.25, 0.3) is 5.91 Å². The molecule has 4 heterocycles. The SMILES string of the molecule is O=C(NCCn1nc([C@@H]2CCNC2)c2cccnc21)c1nccc2ccccc12. The Morgan fingerprint density at radius 2 is 2.00 bits per heavy atom. The lowest BCUT2D eigenvalue weighted by atomic mass is 10.0. The summed E-state index contributed by atoms with van der Waals surface area (Å²) in [6.45, 7) is 2.99. The molecule has 4 aromatic rings. The van der Waals surface area contributed by atoms with Crippen LogP contribution >= 0.6 is 0 Å². The fourth-order valence-corrected chi connectivity index (χ4v) is 4.04. The highest BCUT2D eigenvalue weighted by Crippen LogP contribution is 2.27. The number of aromatic nitrogens is 4. The first-order valence-electron chi connectivity index (χ1n) is 9.95. The molecule has 3 aromatic heterocycles. The van der Waals surface area contributed by atoms with Gasteiger partial charge in [0.05, 0.1) is 12.2 Å². The molecular formula is C22H22N6O. The van der Waals surface area contributed by atoms with Crippen molar-refractivity contribution in [3.63, 3.8) is 0 Å². The van der Waals surface area contributed by atoms with Gasteiger partial charge in [-0.2, -0.15) is 5.10 Å². The smallest absolute Gasteiger partial charge is 0.270 e. The fourth-order valence-electron chi connectivity index (χ4n) is 4.04. The van der Waals surface area contributed by atoms with E-state index in [1.807, 2.05) is 41.1 Å². The van der Waals surface area contributed by atoms with E-state index in [2.05, 4.69) is 26.7 Å². The number of fused-ring (bicyclic) bond motifs is 2. The van der Waals surface area contributed by atoms with Crippen LogP contribution in [-0.2, 0) is 6.54 Å². The lowest BCUT2D eigenvalue weighted by molar-refractivity contribution is 0.0949. The van der Waals surface area contributed by atoms with Gasteiger partial charge in [-0.25, -0.2) is 9.67 Å². The molecule has 1 aliphatic heterocycles. The summed E-state index contributed by atoms with van der Waals surface area (Å²) >= 11 is 0. The molecule has 1 amide bonds. The summed E-state index contributed by atoms with van der Waals surface area (Å²) in [5.74, 6) is 0.240. The van der Waals surface area contributed by atoms with Crippen molar-refractivity contribution in [2.45, 2.75) is 18.9 Å². The number of carbonyl (C=O) groups is 1. The number of hydrogen-bond acceptors (Lipinski definition) is 5. The molecule has 0 spiro atoms. The Morgan fingerprint density at radius 3 is 2.90 bits per heavy atom. The highest BCUT2D eigenvalue weighted by Gasteiger charge is 2.23. The summed E-state index contributed by atoms with van der Waals surface area (Å²) in [5.41, 5.74) is 2.41. The monoisotopic (exact) mass is 386 g/mol. The third kappa shape index (κ3) is 3.34. The maximum absolute atomic E-state index is 12.7. The Hall–Kier alpha value is -3.32. The molecule has 1 fully saturated rings. The molecule has 1 aliphatic rings. The van der Waals surface area contributed by atoms with Gasteiger partial charge in [-0.15, -0.1) is 0 Å². The van der Waals surface area contributed by atoms with Gasteiger partial charge in [0.15, 0.2) is 5.65 Å². The van der Waals surface area contributed by atoms with Crippen LogP contribution in [0.3, 0.4) is 0 Å². The van der Waals surface area contributed by atoms with Gasteiger partial charge in [0, 0.05) is 42.2 Å². The quantitative estimate of drug-likeness (QED) is 0.550. The zero-order chi connectivity index (χ0) is 19.6. The normalized spacial score (nSPS) is 16.5. The van der Waals surface area contributed by atoms with Gasteiger partial charge in [-0.05, 0) is 36.6 Å². The summed E-state index contributed by atoms with van der Waals surface area (Å²) in [6, 6.07) is 13.7. The molecule has 0 unspecified atom stereocenters. The fraction of sp³-hybridized carbons (Fsp3) is 0.273. The molecule has 7 heteroatoms. The summed E-state index contributed by atoms with van der Waals surface area (Å²) in [7, 11) is 0. The Kier molecular flexibility index (Phi) is 4.65. The first-order chi connectivity index (χ1) is 14.3. The number of rotatable bonds is 5. The van der Waals surface area contributed by atoms with Crippen LogP contribution in [0.5, 0.6) is 0 Å². The van der Waals surface area contributed by atoms with Gasteiger partial charge >= 0.3 is 0 Å². The van der Waals surface area contributed by atoms with Gasteiger partial charge in [0.1, 0.15) is 5.69 Å². The van der Waals surface area contributed by atoms with E-state index >= 15 is 0 Å². The summed E-state index contributed by atoms with van der Waals surface area (Å²) in [4.78, 5) is 21.5. The van der Waals surface area contributed by atoms with Gasteiger partial charge < -0.3 is 10.6 Å². The number of amides is 1. The third-order valence-electron chi connectivity index (χ3n) is 5.48. The molecule has 7 nitrogen and oxygen atoms in total. The number of nitrogens with one attached hydrogen (secondary N) is 2. The van der Waals surface area contributed by atoms with Crippen LogP contribution in [0.4, 0.5) is 0 Å². The van der Waals surface area contributed by atoms with Crippen molar-refractivity contribution >= 4 is 27.7 Å². The van der Waals surface area contributed by atoms with E-state index in [1.54, 1.807) is 12.4 Å². The highest BCUT2D eigenvalue weighted by molar-refractivity contribution is 6.05. The second kappa shape index (κ2) is 7.60. The lowest BCUT2D eigenvalue weighted by Gasteiger charge is -2.08. The highest BCUT2D eigenvalue weighted by atomic mass is 16.1. The number of benzene rings is 1. The van der Waals surface area contributed by atoms with E-state index < -0.39 is 0 Å². The maximum Gasteiger partial charge on any atom is 0.270 e. The molecule has 1 saturated heterocycles. The number of carbonyl (C=O) groups excluding carboxylic acids is 1. The Balaban J connectivity index is 1.34. The number of nitrogens with zero attached hydrogens (tertiary/aromatic N) is 4. The van der Waals surface area contributed by atoms with E-state index in [1.165, 1.54) is 0 Å². The average molecular weight is 386 g/mol. The van der Waals surface area contributed by atoms with Crippen molar-refractivity contribution in [2.24, 2.45) is 0 Å². The van der Waals surface area contributed by atoms with E-state index in [-0.39, 0.29) is 5.91 Å². The molecule has 2 N–H and O–H groups in total. The number of pyridine rings is 2. The molecule has 0 radical (unpaired) electrons. The Morgan fingerprint density at radius 1 is 1.10 bits per heavy atom. The lowest BCUT2D eigenvalue weighted by Crippen LogP contribution is -2.28. The van der Waals surface area contributed by atoms with E-state index in [0.29, 0.717) is 24.7 Å². The molecule has 1 atom stereocenters. The van der Waals surface area contributed by atoms with Crippen molar-refractivity contribution in [1.29, 1.82) is 0 Å². The minimum Gasteiger partial charge on any atom is -0.349 e. The van der Waals surface area contributed by atoms with Gasteiger partial charge in [0.2, 0.25) is 0 Å². The van der Waals surface area contributed by atoms with E-state index in [0.717, 1.165) is 47.0 Å². The van der Waals surface area contributed by atoms with Crippen LogP contribution in [0, 0.1) is 0 Å². The number of hydrogen-bond donors (Lipinski definition) is 2. The largest absolute Gasteiger partial charge is 0.349 e. The van der Waals surface area contributed by atoms with Crippen LogP contribution in [0.1, 0.15) is 28.5 Å². The van der Waals surface area contributed by atoms with Crippen LogP contribution in [0.2, 0.25) is 0 Å². The van der Waals surface area contributed by atoms with Crippen molar-refractivity contribution in [3.8, 4) is 0 Å². The van der Waals surface area contributed by atoms with Crippen molar-refractivity contribution in [2.75, 3.05) is 19.6 Å². The summed E-state index contributed by atoms with van der Waals surface area (Å²) in [5, 5.41) is 14.2. The standard InChI is InChI=1S/C22H22N6O/c29-22(20-17-5-2-1-4-15(17)8-11-24-20)26-12-13-28-21-18(6-3-9-25-21)19(27-28)16-7-10-23-14-16/h1-6,8-9,11,16,23H,7,10,12-14H2,(H,26,29)/t16-/m1/s1. The van der Waals surface area contributed by atoms with Gasteiger partial charge in [-0.1, -0.05) is 24.3 Å². The van der Waals surface area contributed by atoms with Crippen LogP contribution < -0.4 is 10.6 Å². The zero-order valence-corrected chi connectivity index (χ0v) is 16.0. The second-order valence-electron chi connectivity index (χ2n) is 7.31. The first-order valence-corrected chi connectivity index (χ1v) is 9.95. The average Bonchev–Trinajstić information content (AvgIpc) is 3.41. The van der Waals surface area contributed by atoms with Crippen molar-refractivity contribution in [3.05, 3.63) is 66.2 Å². The summed E-state index contributed by atoms with van der Waals surface area (Å²) in [6.07, 6.45) is 4.55. The van der Waals surface area contributed by atoms with E-state index in [4.69, 9.17) is 5.10 Å². The van der Waals surface area contributed by atoms with Crippen LogP contribution in [0.25, 0.3) is 21.8 Å². The molecule has 29 heavy (non-hydrogen) atoms. The zero-order valence-electron chi connectivity index (χ0n) is 16.0. The molecule has 5 rings (SSSR count). The predicted molar refractivity (Wildman–Crippen MR) is 112 cm³/mol. The minimum atomic E-state index is -0.175. The first kappa shape index (κ1) is 17.8. The summed E-state index contributed by atoms with van der Waals surface area (Å²) < 4.78 is 1.90. The van der Waals surface area contributed by atoms with Crippen molar-refractivity contribution < 1.29 is 4.79 Å². The Labute approximate surface area is 168 Å². The third-order valence-corrected chi connectivity index (χ3v) is 5.48. The maximum atomic E-state index is 12.7. The Bertz CT molecular complexity index is 1170. The minimum absolute atomic E-state index is 0.175. The van der Waals surface area contributed by atoms with Crippen LogP contribution in [-0.4, -0.2) is 45.3 Å². The van der Waals surface area contributed by atoms with Gasteiger partial charge in [-0.3, -0.25) is 9.78 Å². The topological polar surface area (TPSA) is 84.7 Å². The second-order valence-corrected chi connectivity index (χ2v) is 7.31. The van der Waals surface area contributed by atoms with E-state index in [9.17, 15) is 4.79 Å². The van der Waals surface area contributed by atoms with Crippen LogP contribution in [0.15, 0.2) is 54.9 Å². The predicted octanol–water partition coefficient (Wildman–Crippen LogP) is 2.49. The molecular weight excluding hydrogens is 364 g/mol. The molecule has 0 saturated carbocycles. The molecule has 0 bridgehead atoms. The molecule has 146 valence electrons. The molecule has 0 aliphatic carbocycles. The molecule has 1 aromatic carbocycles.